The normalized spacial score (nSPS) is 10.3. The number of halogens is 3. The maximum absolute atomic E-state index is 13.5. The molecule has 0 atom stereocenters. The van der Waals surface area contributed by atoms with E-state index >= 15 is 0 Å². The maximum atomic E-state index is 13.5. The van der Waals surface area contributed by atoms with Gasteiger partial charge in [0.25, 0.3) is 0 Å². The van der Waals surface area contributed by atoms with Crippen molar-refractivity contribution in [3.63, 3.8) is 0 Å². The van der Waals surface area contributed by atoms with Gasteiger partial charge in [0.1, 0.15) is 12.4 Å². The Bertz CT molecular complexity index is 662. The Morgan fingerprint density at radius 3 is 2.75 bits per heavy atom. The zero-order valence-corrected chi connectivity index (χ0v) is 11.7. The molecule has 0 saturated heterocycles. The number of nitrogens with two attached hydrogens (primary N) is 1. The molecule has 6 heteroatoms. The Labute approximate surface area is 125 Å². The summed E-state index contributed by atoms with van der Waals surface area (Å²) in [5.41, 5.74) is 6.10. The van der Waals surface area contributed by atoms with Crippen molar-refractivity contribution < 1.29 is 13.9 Å². The minimum absolute atomic E-state index is 0.105. The van der Waals surface area contributed by atoms with Crippen LogP contribution < -0.4 is 5.73 Å². The minimum atomic E-state index is -0.814. The molecule has 0 aliphatic rings. The lowest BCUT2D eigenvalue weighted by molar-refractivity contribution is 0.0467. The highest BCUT2D eigenvalue weighted by Gasteiger charge is 2.14. The average molecular weight is 314 g/mol. The van der Waals surface area contributed by atoms with E-state index in [0.717, 1.165) is 6.07 Å². The van der Waals surface area contributed by atoms with Crippen molar-refractivity contribution in [3.8, 4) is 0 Å². The quantitative estimate of drug-likeness (QED) is 0.686. The molecule has 0 spiro atoms. The van der Waals surface area contributed by atoms with E-state index in [2.05, 4.69) is 0 Å². The van der Waals surface area contributed by atoms with Crippen LogP contribution in [0.1, 0.15) is 15.9 Å². The van der Waals surface area contributed by atoms with Gasteiger partial charge < -0.3 is 10.5 Å². The lowest BCUT2D eigenvalue weighted by atomic mass is 10.2. The largest absolute Gasteiger partial charge is 0.457 e. The molecule has 2 aromatic rings. The van der Waals surface area contributed by atoms with Crippen LogP contribution in [0.4, 0.5) is 10.1 Å². The van der Waals surface area contributed by atoms with E-state index in [4.69, 9.17) is 33.7 Å². The van der Waals surface area contributed by atoms with Gasteiger partial charge in [0.15, 0.2) is 0 Å². The number of rotatable bonds is 3. The number of carbonyl (C=O) groups excluding carboxylic acids is 1. The van der Waals surface area contributed by atoms with Crippen LogP contribution in [0.2, 0.25) is 10.0 Å². The van der Waals surface area contributed by atoms with Gasteiger partial charge in [0.2, 0.25) is 0 Å². The van der Waals surface area contributed by atoms with E-state index in [1.807, 2.05) is 0 Å². The molecule has 0 amide bonds. The van der Waals surface area contributed by atoms with Crippen molar-refractivity contribution in [2.24, 2.45) is 0 Å². The van der Waals surface area contributed by atoms with Gasteiger partial charge in [0, 0.05) is 11.3 Å². The van der Waals surface area contributed by atoms with Crippen LogP contribution in [0.3, 0.4) is 0 Å². The molecule has 3 nitrogen and oxygen atoms in total. The molecule has 104 valence electrons. The third-order valence-corrected chi connectivity index (χ3v) is 3.46. The zero-order valence-electron chi connectivity index (χ0n) is 10.2. The third kappa shape index (κ3) is 3.21. The number of benzene rings is 2. The molecule has 2 rings (SSSR count). The van der Waals surface area contributed by atoms with Crippen LogP contribution >= 0.6 is 23.2 Å². The maximum Gasteiger partial charge on any atom is 0.341 e. The van der Waals surface area contributed by atoms with E-state index in [0.29, 0.717) is 15.6 Å². The van der Waals surface area contributed by atoms with Gasteiger partial charge in [-0.2, -0.15) is 0 Å². The predicted octanol–water partition coefficient (Wildman–Crippen LogP) is 4.07. The van der Waals surface area contributed by atoms with Crippen molar-refractivity contribution in [1.29, 1.82) is 0 Å². The summed E-state index contributed by atoms with van der Waals surface area (Å²) in [4.78, 5) is 11.8. The highest BCUT2D eigenvalue weighted by Crippen LogP contribution is 2.26. The van der Waals surface area contributed by atoms with Crippen molar-refractivity contribution in [3.05, 3.63) is 63.4 Å². The molecule has 0 aliphatic carbocycles. The summed E-state index contributed by atoms with van der Waals surface area (Å²) in [6, 6.07) is 8.65. The summed E-state index contributed by atoms with van der Waals surface area (Å²) in [6.45, 7) is -0.105. The molecule has 2 aromatic carbocycles. The number of hydrogen-bond donors (Lipinski definition) is 1. The van der Waals surface area contributed by atoms with Crippen molar-refractivity contribution >= 4 is 34.9 Å². The van der Waals surface area contributed by atoms with Crippen molar-refractivity contribution in [2.75, 3.05) is 5.73 Å². The van der Waals surface area contributed by atoms with Gasteiger partial charge >= 0.3 is 5.97 Å². The SMILES string of the molecule is Nc1ccc(F)c(C(=O)OCc2cccc(Cl)c2Cl)c1. The van der Waals surface area contributed by atoms with Crippen LogP contribution in [0.15, 0.2) is 36.4 Å². The van der Waals surface area contributed by atoms with E-state index in [9.17, 15) is 9.18 Å². The second kappa shape index (κ2) is 6.11. The monoisotopic (exact) mass is 313 g/mol. The number of nitrogen functional groups attached to an aromatic ring is 1. The molecular weight excluding hydrogens is 304 g/mol. The molecule has 0 fully saturated rings. The summed E-state index contributed by atoms with van der Waals surface area (Å²) >= 11 is 11.8. The van der Waals surface area contributed by atoms with E-state index < -0.39 is 11.8 Å². The fraction of sp³-hybridized carbons (Fsp3) is 0.0714. The summed E-state index contributed by atoms with van der Waals surface area (Å²) < 4.78 is 18.5. The first-order valence-electron chi connectivity index (χ1n) is 5.64. The highest BCUT2D eigenvalue weighted by molar-refractivity contribution is 6.42. The fourth-order valence-electron chi connectivity index (χ4n) is 1.58. The Morgan fingerprint density at radius 1 is 1.25 bits per heavy atom. The zero-order chi connectivity index (χ0) is 14.7. The molecule has 0 radical (unpaired) electrons. The van der Waals surface area contributed by atoms with Crippen LogP contribution in [0.5, 0.6) is 0 Å². The Hall–Kier alpha value is -1.78. The van der Waals surface area contributed by atoms with Gasteiger partial charge in [-0.1, -0.05) is 35.3 Å². The lowest BCUT2D eigenvalue weighted by Crippen LogP contribution is -2.08. The third-order valence-electron chi connectivity index (χ3n) is 2.60. The van der Waals surface area contributed by atoms with E-state index in [1.165, 1.54) is 12.1 Å². The fourth-order valence-corrected chi connectivity index (χ4v) is 1.95. The molecule has 0 heterocycles. The van der Waals surface area contributed by atoms with E-state index in [1.54, 1.807) is 18.2 Å². The molecule has 0 bridgehead atoms. The van der Waals surface area contributed by atoms with E-state index in [-0.39, 0.29) is 17.9 Å². The van der Waals surface area contributed by atoms with Gasteiger partial charge in [-0.15, -0.1) is 0 Å². The van der Waals surface area contributed by atoms with Crippen LogP contribution in [0, 0.1) is 5.82 Å². The summed E-state index contributed by atoms with van der Waals surface area (Å²) in [5, 5.41) is 0.658. The van der Waals surface area contributed by atoms with Crippen LogP contribution in [0.25, 0.3) is 0 Å². The Kier molecular flexibility index (Phi) is 4.47. The standard InChI is InChI=1S/C14H10Cl2FNO2/c15-11-3-1-2-8(13(11)16)7-20-14(19)10-6-9(18)4-5-12(10)17/h1-6H,7,18H2. The van der Waals surface area contributed by atoms with Gasteiger partial charge in [0.05, 0.1) is 15.6 Å². The smallest absolute Gasteiger partial charge is 0.341 e. The summed E-state index contributed by atoms with van der Waals surface area (Å²) in [6.07, 6.45) is 0. The van der Waals surface area contributed by atoms with Crippen molar-refractivity contribution in [2.45, 2.75) is 6.61 Å². The molecule has 0 unspecified atom stereocenters. The van der Waals surface area contributed by atoms with Gasteiger partial charge in [-0.3, -0.25) is 0 Å². The highest BCUT2D eigenvalue weighted by atomic mass is 35.5. The number of esters is 1. The van der Waals surface area contributed by atoms with Crippen LogP contribution in [-0.2, 0) is 11.3 Å². The number of anilines is 1. The average Bonchev–Trinajstić information content (AvgIpc) is 2.43. The molecule has 0 aliphatic heterocycles. The molecule has 2 N–H and O–H groups in total. The first-order valence-corrected chi connectivity index (χ1v) is 6.39. The lowest BCUT2D eigenvalue weighted by Gasteiger charge is -2.08. The van der Waals surface area contributed by atoms with Crippen LogP contribution in [-0.4, -0.2) is 5.97 Å². The Balaban J connectivity index is 2.13. The summed E-state index contributed by atoms with van der Waals surface area (Å²) in [5.74, 6) is -1.51. The predicted molar refractivity (Wildman–Crippen MR) is 76.4 cm³/mol. The first-order chi connectivity index (χ1) is 9.49. The van der Waals surface area contributed by atoms with Gasteiger partial charge in [-0.05, 0) is 24.3 Å². The minimum Gasteiger partial charge on any atom is -0.457 e. The van der Waals surface area contributed by atoms with Gasteiger partial charge in [-0.25, -0.2) is 9.18 Å². The number of hydrogen-bond acceptors (Lipinski definition) is 3. The molecule has 20 heavy (non-hydrogen) atoms. The molecule has 0 saturated carbocycles. The second-order valence-corrected chi connectivity index (χ2v) is 4.81. The molecular formula is C14H10Cl2FNO2. The van der Waals surface area contributed by atoms with Crippen molar-refractivity contribution in [1.82, 2.24) is 0 Å². The summed E-state index contributed by atoms with van der Waals surface area (Å²) in [7, 11) is 0. The topological polar surface area (TPSA) is 52.3 Å². The second-order valence-electron chi connectivity index (χ2n) is 4.03. The number of ether oxygens (including phenoxy) is 1. The molecule has 0 aromatic heterocycles. The first kappa shape index (κ1) is 14.6. The number of carbonyl (C=O) groups is 1. The Morgan fingerprint density at radius 2 is 2.00 bits per heavy atom.